The summed E-state index contributed by atoms with van der Waals surface area (Å²) in [5.74, 6) is -0.126. The predicted molar refractivity (Wildman–Crippen MR) is 83.1 cm³/mol. The van der Waals surface area contributed by atoms with E-state index in [1.165, 1.54) is 12.8 Å². The highest BCUT2D eigenvalue weighted by Crippen LogP contribution is 2.33. The predicted octanol–water partition coefficient (Wildman–Crippen LogP) is 2.86. The van der Waals surface area contributed by atoms with Gasteiger partial charge >= 0.3 is 0 Å². The largest absolute Gasteiger partial charge is 0.374 e. The Balaban J connectivity index is 1.81. The summed E-state index contributed by atoms with van der Waals surface area (Å²) in [7, 11) is 0. The smallest absolute Gasteiger partial charge is 0.146 e. The van der Waals surface area contributed by atoms with Gasteiger partial charge in [-0.3, -0.25) is 0 Å². The van der Waals surface area contributed by atoms with Crippen molar-refractivity contribution in [1.29, 1.82) is 0 Å². The van der Waals surface area contributed by atoms with E-state index < -0.39 is 0 Å². The van der Waals surface area contributed by atoms with Crippen LogP contribution in [0, 0.1) is 5.82 Å². The maximum atomic E-state index is 14.5. The Morgan fingerprint density at radius 3 is 2.95 bits per heavy atom. The van der Waals surface area contributed by atoms with Gasteiger partial charge in [0, 0.05) is 12.6 Å². The summed E-state index contributed by atoms with van der Waals surface area (Å²) in [6.45, 7) is 3.42. The molecule has 0 bridgehead atoms. The lowest BCUT2D eigenvalue weighted by atomic mass is 9.89. The lowest BCUT2D eigenvalue weighted by molar-refractivity contribution is -0.00891. The third-order valence-corrected chi connectivity index (χ3v) is 4.61. The minimum atomic E-state index is -0.126. The second-order valence-electron chi connectivity index (χ2n) is 6.42. The molecule has 3 atom stereocenters. The zero-order chi connectivity index (χ0) is 14.8. The third kappa shape index (κ3) is 3.22. The van der Waals surface area contributed by atoms with Crippen LogP contribution in [0.5, 0.6) is 0 Å². The van der Waals surface area contributed by atoms with Crippen LogP contribution in [0.15, 0.2) is 18.2 Å². The molecule has 1 saturated heterocycles. The SMILES string of the molecule is CC(N)Cc1ccc(N2CCOC3CCCCC32)c(F)c1. The first kappa shape index (κ1) is 14.8. The number of nitrogens with zero attached hydrogens (tertiary/aromatic N) is 1. The lowest BCUT2D eigenvalue weighted by Gasteiger charge is -2.45. The molecule has 2 aliphatic rings. The van der Waals surface area contributed by atoms with Crippen molar-refractivity contribution in [2.24, 2.45) is 5.73 Å². The second kappa shape index (κ2) is 6.32. The van der Waals surface area contributed by atoms with Gasteiger partial charge < -0.3 is 15.4 Å². The molecule has 116 valence electrons. The van der Waals surface area contributed by atoms with Gasteiger partial charge in [-0.05, 0) is 43.9 Å². The number of morpholine rings is 1. The highest BCUT2D eigenvalue weighted by atomic mass is 19.1. The van der Waals surface area contributed by atoms with Crippen LogP contribution in [0.4, 0.5) is 10.1 Å². The monoisotopic (exact) mass is 292 g/mol. The molecule has 3 rings (SSSR count). The normalized spacial score (nSPS) is 27.3. The number of nitrogens with two attached hydrogens (primary N) is 1. The van der Waals surface area contributed by atoms with E-state index in [1.807, 2.05) is 19.1 Å². The zero-order valence-electron chi connectivity index (χ0n) is 12.7. The Morgan fingerprint density at radius 1 is 1.38 bits per heavy atom. The molecule has 1 aromatic carbocycles. The van der Waals surface area contributed by atoms with E-state index in [0.717, 1.165) is 30.6 Å². The van der Waals surface area contributed by atoms with Crippen molar-refractivity contribution < 1.29 is 9.13 Å². The fourth-order valence-electron chi connectivity index (χ4n) is 3.68. The Kier molecular flexibility index (Phi) is 4.45. The van der Waals surface area contributed by atoms with Gasteiger partial charge in [0.2, 0.25) is 0 Å². The maximum Gasteiger partial charge on any atom is 0.146 e. The Bertz CT molecular complexity index is 490. The molecule has 3 nitrogen and oxygen atoms in total. The number of halogens is 1. The molecule has 0 radical (unpaired) electrons. The summed E-state index contributed by atoms with van der Waals surface area (Å²) >= 11 is 0. The molecule has 2 fully saturated rings. The van der Waals surface area contributed by atoms with E-state index in [2.05, 4.69) is 4.90 Å². The fourth-order valence-corrected chi connectivity index (χ4v) is 3.68. The fraction of sp³-hybridized carbons (Fsp3) is 0.647. The van der Waals surface area contributed by atoms with Crippen LogP contribution in [-0.2, 0) is 11.2 Å². The van der Waals surface area contributed by atoms with Gasteiger partial charge in [-0.15, -0.1) is 0 Å². The van der Waals surface area contributed by atoms with Gasteiger partial charge in [0.05, 0.1) is 24.4 Å². The molecule has 21 heavy (non-hydrogen) atoms. The van der Waals surface area contributed by atoms with Crippen LogP contribution in [-0.4, -0.2) is 31.3 Å². The first-order chi connectivity index (χ1) is 10.1. The number of benzene rings is 1. The molecule has 1 saturated carbocycles. The minimum Gasteiger partial charge on any atom is -0.374 e. The van der Waals surface area contributed by atoms with Gasteiger partial charge in [-0.1, -0.05) is 18.9 Å². The van der Waals surface area contributed by atoms with E-state index in [-0.39, 0.29) is 18.0 Å². The summed E-state index contributed by atoms with van der Waals surface area (Å²) in [5, 5.41) is 0. The van der Waals surface area contributed by atoms with Crippen molar-refractivity contribution in [2.45, 2.75) is 57.2 Å². The van der Waals surface area contributed by atoms with Crippen LogP contribution in [0.25, 0.3) is 0 Å². The molecule has 2 N–H and O–H groups in total. The maximum absolute atomic E-state index is 14.5. The van der Waals surface area contributed by atoms with E-state index in [0.29, 0.717) is 19.1 Å². The average Bonchev–Trinajstić information content (AvgIpc) is 2.46. The Labute approximate surface area is 126 Å². The topological polar surface area (TPSA) is 38.5 Å². The number of ether oxygens (including phenoxy) is 1. The van der Waals surface area contributed by atoms with Crippen LogP contribution in [0.2, 0.25) is 0 Å². The van der Waals surface area contributed by atoms with Crippen molar-refractivity contribution in [3.8, 4) is 0 Å². The van der Waals surface area contributed by atoms with Crippen molar-refractivity contribution in [2.75, 3.05) is 18.1 Å². The molecule has 1 aromatic rings. The molecule has 0 spiro atoms. The van der Waals surface area contributed by atoms with Crippen molar-refractivity contribution in [3.05, 3.63) is 29.6 Å². The third-order valence-electron chi connectivity index (χ3n) is 4.61. The van der Waals surface area contributed by atoms with Crippen molar-refractivity contribution in [1.82, 2.24) is 0 Å². The number of rotatable bonds is 3. The van der Waals surface area contributed by atoms with Crippen molar-refractivity contribution in [3.63, 3.8) is 0 Å². The Hall–Kier alpha value is -1.13. The number of hydrogen-bond donors (Lipinski definition) is 1. The molecular weight excluding hydrogens is 267 g/mol. The number of hydrogen-bond acceptors (Lipinski definition) is 3. The zero-order valence-corrected chi connectivity index (χ0v) is 12.7. The van der Waals surface area contributed by atoms with E-state index in [4.69, 9.17) is 10.5 Å². The molecule has 1 aliphatic heterocycles. The molecule has 1 aliphatic carbocycles. The molecule has 0 amide bonds. The highest BCUT2D eigenvalue weighted by molar-refractivity contribution is 5.51. The first-order valence-corrected chi connectivity index (χ1v) is 8.07. The summed E-state index contributed by atoms with van der Waals surface area (Å²) in [5.41, 5.74) is 7.49. The molecule has 3 unspecified atom stereocenters. The van der Waals surface area contributed by atoms with Gasteiger partial charge in [-0.25, -0.2) is 4.39 Å². The summed E-state index contributed by atoms with van der Waals surface area (Å²) < 4.78 is 20.4. The lowest BCUT2D eigenvalue weighted by Crippen LogP contribution is -2.53. The highest BCUT2D eigenvalue weighted by Gasteiger charge is 2.35. The Morgan fingerprint density at radius 2 is 2.19 bits per heavy atom. The van der Waals surface area contributed by atoms with Gasteiger partial charge in [-0.2, -0.15) is 0 Å². The quantitative estimate of drug-likeness (QED) is 0.931. The molecule has 0 aromatic heterocycles. The molecular formula is C17H25FN2O. The van der Waals surface area contributed by atoms with Gasteiger partial charge in [0.15, 0.2) is 0 Å². The van der Waals surface area contributed by atoms with Crippen LogP contribution in [0.3, 0.4) is 0 Å². The second-order valence-corrected chi connectivity index (χ2v) is 6.42. The summed E-state index contributed by atoms with van der Waals surface area (Å²) in [6.07, 6.45) is 5.63. The van der Waals surface area contributed by atoms with Crippen LogP contribution in [0.1, 0.15) is 38.2 Å². The van der Waals surface area contributed by atoms with Gasteiger partial charge in [0.25, 0.3) is 0 Å². The van der Waals surface area contributed by atoms with E-state index in [9.17, 15) is 4.39 Å². The van der Waals surface area contributed by atoms with Crippen LogP contribution >= 0.6 is 0 Å². The summed E-state index contributed by atoms with van der Waals surface area (Å²) in [6, 6.07) is 5.97. The minimum absolute atomic E-state index is 0.0568. The van der Waals surface area contributed by atoms with E-state index in [1.54, 1.807) is 6.07 Å². The van der Waals surface area contributed by atoms with E-state index >= 15 is 0 Å². The molecule has 4 heteroatoms. The standard InChI is InChI=1S/C17H25FN2O/c1-12(19)10-13-6-7-15(14(18)11-13)20-8-9-21-17-5-3-2-4-16(17)20/h6-7,11-12,16-17H,2-5,8-10,19H2,1H3. The van der Waals surface area contributed by atoms with Gasteiger partial charge in [0.1, 0.15) is 5.82 Å². The summed E-state index contributed by atoms with van der Waals surface area (Å²) in [4.78, 5) is 2.22. The number of anilines is 1. The first-order valence-electron chi connectivity index (χ1n) is 8.07. The van der Waals surface area contributed by atoms with Crippen LogP contribution < -0.4 is 10.6 Å². The van der Waals surface area contributed by atoms with Crippen molar-refractivity contribution >= 4 is 5.69 Å². The average molecular weight is 292 g/mol. The number of fused-ring (bicyclic) bond motifs is 1. The molecule has 1 heterocycles.